The van der Waals surface area contributed by atoms with Gasteiger partial charge in [0.05, 0.1) is 0 Å². The number of halogens is 14. The molecule has 0 N–H and O–H groups in total. The van der Waals surface area contributed by atoms with Gasteiger partial charge in [-0.3, -0.25) is 0 Å². The van der Waals surface area contributed by atoms with Crippen LogP contribution in [0.5, 0.6) is 0 Å². The van der Waals surface area contributed by atoms with Gasteiger partial charge in [0.1, 0.15) is 0 Å². The lowest BCUT2D eigenvalue weighted by molar-refractivity contribution is -0.438. The first-order valence-electron chi connectivity index (χ1n) is 4.40. The van der Waals surface area contributed by atoms with Gasteiger partial charge in [-0.15, -0.1) is 0 Å². The molecule has 0 amide bonds. The summed E-state index contributed by atoms with van der Waals surface area (Å²) in [6.45, 7) is 0. The quantitative estimate of drug-likeness (QED) is 0.505. The average molecular weight is 419 g/mol. The molecular formula is C6ClF13O2S. The largest absolute Gasteiger partial charge is 0.438 e. The number of hydrogen-bond donors (Lipinski definition) is 0. The lowest BCUT2D eigenvalue weighted by atomic mass is 9.90. The molecule has 0 fully saturated rings. The normalized spacial score (nSPS) is 16.6. The molecule has 140 valence electrons. The van der Waals surface area contributed by atoms with Crippen molar-refractivity contribution in [1.82, 2.24) is 0 Å². The molecule has 0 saturated heterocycles. The molecule has 0 bridgehead atoms. The molecule has 0 heterocycles. The summed E-state index contributed by atoms with van der Waals surface area (Å²) >= 11 is 0. The summed E-state index contributed by atoms with van der Waals surface area (Å²) < 4.78 is 182. The highest BCUT2D eigenvalue weighted by atomic mass is 35.7. The van der Waals surface area contributed by atoms with Gasteiger partial charge in [0.2, 0.25) is 0 Å². The standard InChI is InChI=1S/C6ClF13O2S/c7-23(21,22)6(19,20)3(11,12)2(9,10)1(8,4(13,14)15)5(16,17)18. The fraction of sp³-hybridized carbons (Fsp3) is 1.00. The van der Waals surface area contributed by atoms with Gasteiger partial charge in [-0.1, -0.05) is 0 Å². The highest BCUT2D eigenvalue weighted by Gasteiger charge is 2.94. The Morgan fingerprint density at radius 2 is 0.826 bits per heavy atom. The molecule has 0 aromatic heterocycles. The van der Waals surface area contributed by atoms with Crippen molar-refractivity contribution in [2.24, 2.45) is 0 Å². The highest BCUT2D eigenvalue weighted by Crippen LogP contribution is 2.62. The minimum absolute atomic E-state index is 3.62. The molecule has 0 unspecified atom stereocenters. The Kier molecular flexibility index (Phi) is 5.01. The number of alkyl halides is 13. The molecular weight excluding hydrogens is 419 g/mol. The van der Waals surface area contributed by atoms with Crippen molar-refractivity contribution in [1.29, 1.82) is 0 Å². The van der Waals surface area contributed by atoms with Crippen LogP contribution in [0.3, 0.4) is 0 Å². The van der Waals surface area contributed by atoms with E-state index in [4.69, 9.17) is 0 Å². The second-order valence-corrected chi connectivity index (χ2v) is 6.36. The maximum Gasteiger partial charge on any atom is 0.438 e. The Bertz CT molecular complexity index is 544. The van der Waals surface area contributed by atoms with Crippen LogP contribution in [0.4, 0.5) is 57.1 Å². The third kappa shape index (κ3) is 2.80. The van der Waals surface area contributed by atoms with Crippen molar-refractivity contribution in [3.8, 4) is 0 Å². The van der Waals surface area contributed by atoms with E-state index < -0.39 is 44.2 Å². The summed E-state index contributed by atoms with van der Waals surface area (Å²) in [4.78, 5) is 0. The molecule has 0 radical (unpaired) electrons. The Hall–Kier alpha value is -0.670. The molecule has 2 nitrogen and oxygen atoms in total. The van der Waals surface area contributed by atoms with Crippen molar-refractivity contribution in [3.63, 3.8) is 0 Å². The van der Waals surface area contributed by atoms with Gasteiger partial charge in [0, 0.05) is 10.7 Å². The fourth-order valence-electron chi connectivity index (χ4n) is 1.07. The van der Waals surface area contributed by atoms with E-state index in [1.165, 1.54) is 0 Å². The second kappa shape index (κ2) is 5.16. The SMILES string of the molecule is O=S(=O)(Cl)C(F)(F)C(F)(F)C(F)(F)C(F)(C(F)(F)F)C(F)(F)F. The minimum Gasteiger partial charge on any atom is -0.216 e. The lowest BCUT2D eigenvalue weighted by Gasteiger charge is -2.40. The number of hydrogen-bond acceptors (Lipinski definition) is 2. The minimum atomic E-state index is -8.30. The molecule has 23 heavy (non-hydrogen) atoms. The molecule has 0 aliphatic heterocycles. The summed E-state index contributed by atoms with van der Waals surface area (Å²) in [7, 11) is -3.57. The van der Waals surface area contributed by atoms with Crippen LogP contribution < -0.4 is 0 Å². The van der Waals surface area contributed by atoms with E-state index in [0.29, 0.717) is 0 Å². The maximum atomic E-state index is 12.9. The van der Waals surface area contributed by atoms with Crippen molar-refractivity contribution < 1.29 is 65.5 Å². The topological polar surface area (TPSA) is 34.1 Å². The lowest BCUT2D eigenvalue weighted by Crippen LogP contribution is -2.73. The summed E-state index contributed by atoms with van der Waals surface area (Å²) in [6, 6.07) is 0. The van der Waals surface area contributed by atoms with Gasteiger partial charge in [-0.2, -0.15) is 52.7 Å². The average Bonchev–Trinajstić information content (AvgIpc) is 2.22. The smallest absolute Gasteiger partial charge is 0.216 e. The molecule has 17 heteroatoms. The molecule has 0 aliphatic carbocycles. The van der Waals surface area contributed by atoms with Crippen molar-refractivity contribution >= 4 is 19.7 Å². The Balaban J connectivity index is 6.77. The van der Waals surface area contributed by atoms with Crippen molar-refractivity contribution in [3.05, 3.63) is 0 Å². The van der Waals surface area contributed by atoms with Crippen LogP contribution in [0, 0.1) is 0 Å². The second-order valence-electron chi connectivity index (χ2n) is 3.76. The molecule has 0 atom stereocenters. The fourth-order valence-corrected chi connectivity index (χ4v) is 1.79. The van der Waals surface area contributed by atoms with E-state index in [2.05, 4.69) is 10.7 Å². The van der Waals surface area contributed by atoms with E-state index in [0.717, 1.165) is 0 Å². The van der Waals surface area contributed by atoms with Gasteiger partial charge in [0.25, 0.3) is 0 Å². The molecule has 0 aromatic carbocycles. The monoisotopic (exact) mass is 418 g/mol. The van der Waals surface area contributed by atoms with Crippen LogP contribution >= 0.6 is 10.7 Å². The van der Waals surface area contributed by atoms with Crippen LogP contribution in [-0.4, -0.2) is 43.5 Å². The molecule has 0 spiro atoms. The van der Waals surface area contributed by atoms with Crippen molar-refractivity contribution in [2.45, 2.75) is 35.1 Å². The van der Waals surface area contributed by atoms with Crippen LogP contribution in [-0.2, 0) is 9.05 Å². The van der Waals surface area contributed by atoms with Crippen LogP contribution in [0.25, 0.3) is 0 Å². The van der Waals surface area contributed by atoms with Crippen LogP contribution in [0.2, 0.25) is 0 Å². The highest BCUT2D eigenvalue weighted by molar-refractivity contribution is 8.14. The van der Waals surface area contributed by atoms with Gasteiger partial charge >= 0.3 is 44.2 Å². The summed E-state index contributed by atoms with van der Waals surface area (Å²) in [6.07, 6.45) is -15.7. The zero-order valence-corrected chi connectivity index (χ0v) is 11.1. The Morgan fingerprint density at radius 3 is 1.00 bits per heavy atom. The molecule has 0 aliphatic rings. The van der Waals surface area contributed by atoms with Gasteiger partial charge in [-0.25, -0.2) is 12.8 Å². The van der Waals surface area contributed by atoms with E-state index >= 15 is 0 Å². The predicted molar refractivity (Wildman–Crippen MR) is 45.6 cm³/mol. The van der Waals surface area contributed by atoms with E-state index in [-0.39, 0.29) is 0 Å². The Labute approximate surface area is 121 Å². The van der Waals surface area contributed by atoms with E-state index in [1.807, 2.05) is 0 Å². The van der Waals surface area contributed by atoms with Crippen LogP contribution in [0.1, 0.15) is 0 Å². The summed E-state index contributed by atoms with van der Waals surface area (Å²) in [5.74, 6) is -16.3. The third-order valence-corrected chi connectivity index (χ3v) is 3.73. The zero-order chi connectivity index (χ0) is 19.5. The summed E-state index contributed by atoms with van der Waals surface area (Å²) in [5, 5.41) is -7.38. The first kappa shape index (κ1) is 22.3. The number of rotatable bonds is 4. The van der Waals surface area contributed by atoms with Gasteiger partial charge < -0.3 is 0 Å². The van der Waals surface area contributed by atoms with Gasteiger partial charge in [0.15, 0.2) is 0 Å². The first-order valence-corrected chi connectivity index (χ1v) is 6.71. The molecule has 0 aromatic rings. The van der Waals surface area contributed by atoms with Crippen molar-refractivity contribution in [2.75, 3.05) is 0 Å². The third-order valence-electron chi connectivity index (χ3n) is 2.28. The molecule has 0 saturated carbocycles. The first-order chi connectivity index (χ1) is 9.50. The maximum absolute atomic E-state index is 12.9. The van der Waals surface area contributed by atoms with E-state index in [9.17, 15) is 65.5 Å². The van der Waals surface area contributed by atoms with E-state index in [1.54, 1.807) is 0 Å². The Morgan fingerprint density at radius 1 is 0.565 bits per heavy atom. The molecule has 0 rings (SSSR count). The summed E-state index contributed by atoms with van der Waals surface area (Å²) in [5.41, 5.74) is -8.21. The predicted octanol–water partition coefficient (Wildman–Crippen LogP) is 4.25. The van der Waals surface area contributed by atoms with Crippen LogP contribution in [0.15, 0.2) is 0 Å². The van der Waals surface area contributed by atoms with Gasteiger partial charge in [-0.05, 0) is 0 Å². The zero-order valence-electron chi connectivity index (χ0n) is 9.52.